The van der Waals surface area contributed by atoms with E-state index in [-0.39, 0.29) is 17.7 Å². The van der Waals surface area contributed by atoms with Crippen molar-refractivity contribution in [1.82, 2.24) is 19.5 Å². The number of hydrogen-bond donors (Lipinski definition) is 1. The molecule has 128 valence electrons. The molecule has 0 aliphatic carbocycles. The predicted octanol–water partition coefficient (Wildman–Crippen LogP) is 1.63. The standard InChI is InChI=1S/C17H17N5O3/c1-11(13-5-3-12(9-18)4-6-13)22-15-14(20-17(22)23)10-19-16(21-15)25-8-7-24-2/h3-6,10-11H,7-8H2,1-2H3,(H,20,23). The van der Waals surface area contributed by atoms with Gasteiger partial charge in [-0.1, -0.05) is 12.1 Å². The maximum absolute atomic E-state index is 12.4. The summed E-state index contributed by atoms with van der Waals surface area (Å²) in [6.07, 6.45) is 1.52. The smallest absolute Gasteiger partial charge is 0.328 e. The van der Waals surface area contributed by atoms with Gasteiger partial charge in [0, 0.05) is 7.11 Å². The second kappa shape index (κ2) is 7.15. The summed E-state index contributed by atoms with van der Waals surface area (Å²) in [7, 11) is 1.58. The van der Waals surface area contributed by atoms with Gasteiger partial charge in [-0.3, -0.25) is 4.57 Å². The van der Waals surface area contributed by atoms with Crippen molar-refractivity contribution in [2.24, 2.45) is 0 Å². The molecule has 1 aromatic carbocycles. The third-order valence-corrected chi connectivity index (χ3v) is 3.86. The first-order valence-electron chi connectivity index (χ1n) is 7.73. The maximum Gasteiger partial charge on any atom is 0.328 e. The third-order valence-electron chi connectivity index (χ3n) is 3.86. The van der Waals surface area contributed by atoms with Crippen LogP contribution >= 0.6 is 0 Å². The average molecular weight is 339 g/mol. The van der Waals surface area contributed by atoms with Crippen LogP contribution in [0.25, 0.3) is 11.2 Å². The van der Waals surface area contributed by atoms with Gasteiger partial charge in [-0.2, -0.15) is 10.2 Å². The van der Waals surface area contributed by atoms with Crippen LogP contribution in [0.1, 0.15) is 24.1 Å². The lowest BCUT2D eigenvalue weighted by atomic mass is 10.1. The van der Waals surface area contributed by atoms with E-state index in [0.29, 0.717) is 29.9 Å². The Labute approximate surface area is 143 Å². The summed E-state index contributed by atoms with van der Waals surface area (Å²) in [6, 6.07) is 9.09. The topological polar surface area (TPSA) is 106 Å². The van der Waals surface area contributed by atoms with Crippen molar-refractivity contribution in [1.29, 1.82) is 5.26 Å². The Balaban J connectivity index is 1.98. The highest BCUT2D eigenvalue weighted by atomic mass is 16.5. The zero-order chi connectivity index (χ0) is 17.8. The number of imidazole rings is 1. The molecule has 2 heterocycles. The van der Waals surface area contributed by atoms with Gasteiger partial charge in [0.1, 0.15) is 12.1 Å². The number of methoxy groups -OCH3 is 1. The van der Waals surface area contributed by atoms with E-state index in [0.717, 1.165) is 5.56 Å². The Morgan fingerprint density at radius 3 is 2.76 bits per heavy atom. The molecule has 8 heteroatoms. The van der Waals surface area contributed by atoms with Crippen molar-refractivity contribution < 1.29 is 9.47 Å². The fourth-order valence-electron chi connectivity index (χ4n) is 2.53. The molecule has 8 nitrogen and oxygen atoms in total. The Bertz CT molecular complexity index is 969. The minimum absolute atomic E-state index is 0.185. The zero-order valence-electron chi connectivity index (χ0n) is 13.9. The Morgan fingerprint density at radius 2 is 2.08 bits per heavy atom. The Hall–Kier alpha value is -3.18. The molecule has 1 N–H and O–H groups in total. The molecular formula is C17H17N5O3. The van der Waals surface area contributed by atoms with Crippen molar-refractivity contribution in [2.75, 3.05) is 20.3 Å². The maximum atomic E-state index is 12.4. The van der Waals surface area contributed by atoms with Crippen LogP contribution < -0.4 is 10.4 Å². The lowest BCUT2D eigenvalue weighted by molar-refractivity contribution is 0.141. The molecule has 0 aliphatic rings. The van der Waals surface area contributed by atoms with Crippen LogP contribution in [0.4, 0.5) is 0 Å². The van der Waals surface area contributed by atoms with E-state index in [9.17, 15) is 4.79 Å². The van der Waals surface area contributed by atoms with Gasteiger partial charge < -0.3 is 14.5 Å². The molecule has 0 radical (unpaired) electrons. The van der Waals surface area contributed by atoms with Crippen molar-refractivity contribution in [2.45, 2.75) is 13.0 Å². The number of nitrogens with one attached hydrogen (secondary N) is 1. The van der Waals surface area contributed by atoms with Crippen LogP contribution in [0, 0.1) is 11.3 Å². The molecule has 3 rings (SSSR count). The number of nitrogens with zero attached hydrogens (tertiary/aromatic N) is 4. The second-order valence-electron chi connectivity index (χ2n) is 5.44. The summed E-state index contributed by atoms with van der Waals surface area (Å²) in [4.78, 5) is 23.5. The van der Waals surface area contributed by atoms with Gasteiger partial charge in [0.25, 0.3) is 0 Å². The lowest BCUT2D eigenvalue weighted by Gasteiger charge is -2.13. The minimum atomic E-state index is -0.282. The van der Waals surface area contributed by atoms with Gasteiger partial charge in [0.2, 0.25) is 0 Å². The van der Waals surface area contributed by atoms with Gasteiger partial charge in [0.05, 0.1) is 30.5 Å². The van der Waals surface area contributed by atoms with E-state index in [2.05, 4.69) is 21.0 Å². The Morgan fingerprint density at radius 1 is 1.32 bits per heavy atom. The van der Waals surface area contributed by atoms with Crippen LogP contribution in [0.5, 0.6) is 6.01 Å². The van der Waals surface area contributed by atoms with E-state index < -0.39 is 0 Å². The first kappa shape index (κ1) is 16.7. The number of aromatic nitrogens is 4. The summed E-state index contributed by atoms with van der Waals surface area (Å²) < 4.78 is 11.9. The molecule has 1 unspecified atom stereocenters. The van der Waals surface area contributed by atoms with Gasteiger partial charge in [-0.05, 0) is 24.6 Å². The largest absolute Gasteiger partial charge is 0.461 e. The lowest BCUT2D eigenvalue weighted by Crippen LogP contribution is -2.21. The van der Waals surface area contributed by atoms with Crippen LogP contribution in [0.2, 0.25) is 0 Å². The van der Waals surface area contributed by atoms with Gasteiger partial charge in [0.15, 0.2) is 5.65 Å². The van der Waals surface area contributed by atoms with Crippen LogP contribution in [0.15, 0.2) is 35.3 Å². The van der Waals surface area contributed by atoms with E-state index in [4.69, 9.17) is 14.7 Å². The van der Waals surface area contributed by atoms with Crippen molar-refractivity contribution in [3.05, 3.63) is 52.1 Å². The normalized spacial score (nSPS) is 12.0. The highest BCUT2D eigenvalue weighted by Crippen LogP contribution is 2.21. The van der Waals surface area contributed by atoms with E-state index in [1.165, 1.54) is 6.20 Å². The minimum Gasteiger partial charge on any atom is -0.461 e. The van der Waals surface area contributed by atoms with Crippen molar-refractivity contribution in [3.63, 3.8) is 0 Å². The molecule has 0 aliphatic heterocycles. The van der Waals surface area contributed by atoms with Gasteiger partial charge >= 0.3 is 11.7 Å². The summed E-state index contributed by atoms with van der Waals surface area (Å²) in [5, 5.41) is 8.91. The zero-order valence-corrected chi connectivity index (χ0v) is 13.9. The summed E-state index contributed by atoms with van der Waals surface area (Å²) in [6.45, 7) is 2.63. The predicted molar refractivity (Wildman–Crippen MR) is 90.5 cm³/mol. The number of ether oxygens (including phenoxy) is 2. The van der Waals surface area contributed by atoms with Gasteiger partial charge in [-0.25, -0.2) is 9.78 Å². The number of aromatic amines is 1. The molecule has 25 heavy (non-hydrogen) atoms. The molecule has 0 spiro atoms. The molecule has 0 saturated heterocycles. The summed E-state index contributed by atoms with van der Waals surface area (Å²) in [5.41, 5.74) is 2.17. The van der Waals surface area contributed by atoms with E-state index >= 15 is 0 Å². The quantitative estimate of drug-likeness (QED) is 0.684. The number of benzene rings is 1. The van der Waals surface area contributed by atoms with Crippen LogP contribution in [-0.2, 0) is 4.74 Å². The molecule has 0 saturated carbocycles. The SMILES string of the molecule is COCCOc1ncc2[nH]c(=O)n(C(C)c3ccc(C#N)cc3)c2n1. The number of rotatable bonds is 6. The number of hydrogen-bond acceptors (Lipinski definition) is 6. The summed E-state index contributed by atoms with van der Waals surface area (Å²) >= 11 is 0. The van der Waals surface area contributed by atoms with E-state index in [1.54, 1.807) is 23.8 Å². The molecule has 3 aromatic rings. The number of H-pyrrole nitrogens is 1. The average Bonchev–Trinajstić information content (AvgIpc) is 2.96. The monoisotopic (exact) mass is 339 g/mol. The molecule has 0 amide bonds. The molecule has 1 atom stereocenters. The van der Waals surface area contributed by atoms with Crippen LogP contribution in [-0.4, -0.2) is 39.8 Å². The highest BCUT2D eigenvalue weighted by Gasteiger charge is 2.17. The second-order valence-corrected chi connectivity index (χ2v) is 5.44. The van der Waals surface area contributed by atoms with E-state index in [1.807, 2.05) is 19.1 Å². The Kier molecular flexibility index (Phi) is 4.77. The summed E-state index contributed by atoms with van der Waals surface area (Å²) in [5.74, 6) is 0. The fourth-order valence-corrected chi connectivity index (χ4v) is 2.53. The third kappa shape index (κ3) is 3.36. The van der Waals surface area contributed by atoms with Gasteiger partial charge in [-0.15, -0.1) is 0 Å². The first-order valence-corrected chi connectivity index (χ1v) is 7.73. The molecule has 0 bridgehead atoms. The molecule has 2 aromatic heterocycles. The number of nitriles is 1. The number of fused-ring (bicyclic) bond motifs is 1. The fraction of sp³-hybridized carbons (Fsp3) is 0.294. The highest BCUT2D eigenvalue weighted by molar-refractivity contribution is 5.70. The molecular weight excluding hydrogens is 322 g/mol. The molecule has 0 fully saturated rings. The van der Waals surface area contributed by atoms with Crippen molar-refractivity contribution >= 4 is 11.2 Å². The van der Waals surface area contributed by atoms with Crippen LogP contribution in [0.3, 0.4) is 0 Å². The van der Waals surface area contributed by atoms with Crippen molar-refractivity contribution in [3.8, 4) is 12.1 Å². The first-order chi connectivity index (χ1) is 12.1.